The molecule has 0 amide bonds. The predicted molar refractivity (Wildman–Crippen MR) is 70.0 cm³/mol. The Morgan fingerprint density at radius 2 is 2.06 bits per heavy atom. The second-order valence-corrected chi connectivity index (χ2v) is 4.01. The Labute approximate surface area is 107 Å². The van der Waals surface area contributed by atoms with Crippen molar-refractivity contribution in [3.05, 3.63) is 36.0 Å². The van der Waals surface area contributed by atoms with Crippen molar-refractivity contribution in [3.63, 3.8) is 0 Å². The summed E-state index contributed by atoms with van der Waals surface area (Å²) in [5.41, 5.74) is 2.94. The van der Waals surface area contributed by atoms with E-state index in [1.807, 2.05) is 30.3 Å². The van der Waals surface area contributed by atoms with Gasteiger partial charge in [0.15, 0.2) is 0 Å². The number of aromatic amines is 1. The van der Waals surface area contributed by atoms with Crippen molar-refractivity contribution in [3.8, 4) is 11.3 Å². The summed E-state index contributed by atoms with van der Waals surface area (Å²) in [5.74, 6) is 0. The van der Waals surface area contributed by atoms with Crippen LogP contribution < -0.4 is 5.32 Å². The summed E-state index contributed by atoms with van der Waals surface area (Å²) in [6, 6.07) is 10.1. The minimum absolute atomic E-state index is 0.713. The molecule has 0 unspecified atom stereocenters. The van der Waals surface area contributed by atoms with Gasteiger partial charge in [0.2, 0.25) is 0 Å². The number of methoxy groups -OCH3 is 1. The van der Waals surface area contributed by atoms with Gasteiger partial charge in [-0.1, -0.05) is 30.3 Å². The van der Waals surface area contributed by atoms with E-state index in [0.717, 1.165) is 36.5 Å². The molecule has 5 heteroatoms. The number of H-pyrrole nitrogens is 1. The van der Waals surface area contributed by atoms with Gasteiger partial charge in [-0.15, -0.1) is 0 Å². The molecule has 96 valence electrons. The topological polar surface area (TPSA) is 62.8 Å². The molecule has 2 N–H and O–H groups in total. The number of aromatic nitrogens is 3. The van der Waals surface area contributed by atoms with Crippen LogP contribution in [0.3, 0.4) is 0 Å². The van der Waals surface area contributed by atoms with E-state index in [4.69, 9.17) is 4.74 Å². The zero-order valence-corrected chi connectivity index (χ0v) is 10.5. The van der Waals surface area contributed by atoms with Gasteiger partial charge in [0.1, 0.15) is 11.4 Å². The molecule has 0 bridgehead atoms. The fourth-order valence-corrected chi connectivity index (χ4v) is 1.75. The molecule has 0 aliphatic heterocycles. The number of benzene rings is 1. The first-order chi connectivity index (χ1) is 8.92. The standard InChI is InChI=1S/C13H18N4O/c1-18-9-5-8-14-10-12-13(16-17-15-12)11-6-3-2-4-7-11/h2-4,6-7,14H,5,8-10H2,1H3,(H,15,16,17). The lowest BCUT2D eigenvalue weighted by atomic mass is 10.1. The molecule has 1 aromatic carbocycles. The van der Waals surface area contributed by atoms with Crippen molar-refractivity contribution in [1.29, 1.82) is 0 Å². The summed E-state index contributed by atoms with van der Waals surface area (Å²) in [6.07, 6.45) is 0.995. The Hall–Kier alpha value is -1.72. The molecule has 0 fully saturated rings. The fraction of sp³-hybridized carbons (Fsp3) is 0.385. The Morgan fingerprint density at radius 3 is 2.83 bits per heavy atom. The van der Waals surface area contributed by atoms with Crippen molar-refractivity contribution < 1.29 is 4.74 Å². The lowest BCUT2D eigenvalue weighted by Gasteiger charge is -2.03. The van der Waals surface area contributed by atoms with Gasteiger partial charge in [-0.25, -0.2) is 0 Å². The minimum Gasteiger partial charge on any atom is -0.385 e. The quantitative estimate of drug-likeness (QED) is 0.728. The summed E-state index contributed by atoms with van der Waals surface area (Å²) in [6.45, 7) is 2.40. The smallest absolute Gasteiger partial charge is 0.117 e. The number of rotatable bonds is 7. The zero-order valence-electron chi connectivity index (χ0n) is 10.5. The molecule has 0 saturated heterocycles. The fourth-order valence-electron chi connectivity index (χ4n) is 1.75. The van der Waals surface area contributed by atoms with Gasteiger partial charge < -0.3 is 10.1 Å². The van der Waals surface area contributed by atoms with Crippen molar-refractivity contribution in [1.82, 2.24) is 20.7 Å². The second-order valence-electron chi connectivity index (χ2n) is 4.01. The van der Waals surface area contributed by atoms with Gasteiger partial charge in [0, 0.05) is 25.8 Å². The highest BCUT2D eigenvalue weighted by Gasteiger charge is 2.08. The van der Waals surface area contributed by atoms with Crippen LogP contribution in [0.2, 0.25) is 0 Å². The third-order valence-electron chi connectivity index (χ3n) is 2.66. The highest BCUT2D eigenvalue weighted by molar-refractivity contribution is 5.60. The van der Waals surface area contributed by atoms with Crippen molar-refractivity contribution in [2.75, 3.05) is 20.3 Å². The predicted octanol–water partition coefficient (Wildman–Crippen LogP) is 1.60. The van der Waals surface area contributed by atoms with Crippen LogP contribution in [0.4, 0.5) is 0 Å². The third kappa shape index (κ3) is 3.38. The molecule has 2 aromatic rings. The molecule has 1 aromatic heterocycles. The Kier molecular flexibility index (Phi) is 4.87. The minimum atomic E-state index is 0.713. The molecule has 18 heavy (non-hydrogen) atoms. The van der Waals surface area contributed by atoms with Crippen LogP contribution in [0, 0.1) is 0 Å². The van der Waals surface area contributed by atoms with Crippen LogP contribution >= 0.6 is 0 Å². The molecular formula is C13H18N4O. The maximum absolute atomic E-state index is 5.00. The molecule has 5 nitrogen and oxygen atoms in total. The van der Waals surface area contributed by atoms with Gasteiger partial charge in [0.05, 0.1) is 0 Å². The Bertz CT molecular complexity index is 455. The van der Waals surface area contributed by atoms with E-state index < -0.39 is 0 Å². The molecule has 2 rings (SSSR count). The van der Waals surface area contributed by atoms with Crippen molar-refractivity contribution >= 4 is 0 Å². The van der Waals surface area contributed by atoms with Gasteiger partial charge >= 0.3 is 0 Å². The maximum atomic E-state index is 5.00. The molecule has 1 heterocycles. The van der Waals surface area contributed by atoms with E-state index in [-0.39, 0.29) is 0 Å². The molecule has 0 spiro atoms. The number of nitrogens with one attached hydrogen (secondary N) is 2. The number of hydrogen-bond acceptors (Lipinski definition) is 4. The van der Waals surface area contributed by atoms with Crippen LogP contribution in [-0.2, 0) is 11.3 Å². The normalized spacial score (nSPS) is 10.7. The first-order valence-corrected chi connectivity index (χ1v) is 6.06. The number of hydrogen-bond donors (Lipinski definition) is 2. The molecule has 0 atom stereocenters. The largest absolute Gasteiger partial charge is 0.385 e. The molecule has 0 aliphatic rings. The molecular weight excluding hydrogens is 228 g/mol. The summed E-state index contributed by atoms with van der Waals surface area (Å²) >= 11 is 0. The maximum Gasteiger partial charge on any atom is 0.117 e. The van der Waals surface area contributed by atoms with Crippen LogP contribution in [-0.4, -0.2) is 35.7 Å². The highest BCUT2D eigenvalue weighted by atomic mass is 16.5. The van der Waals surface area contributed by atoms with E-state index >= 15 is 0 Å². The highest BCUT2D eigenvalue weighted by Crippen LogP contribution is 2.18. The van der Waals surface area contributed by atoms with Crippen molar-refractivity contribution in [2.24, 2.45) is 0 Å². The average molecular weight is 246 g/mol. The summed E-state index contributed by atoms with van der Waals surface area (Å²) in [7, 11) is 1.71. The average Bonchev–Trinajstić information content (AvgIpc) is 2.88. The summed E-state index contributed by atoms with van der Waals surface area (Å²) in [5, 5.41) is 14.4. The summed E-state index contributed by atoms with van der Waals surface area (Å²) < 4.78 is 5.00. The van der Waals surface area contributed by atoms with Crippen LogP contribution in [0.1, 0.15) is 12.1 Å². The second kappa shape index (κ2) is 6.88. The monoisotopic (exact) mass is 246 g/mol. The molecule has 0 radical (unpaired) electrons. The number of nitrogens with zero attached hydrogens (tertiary/aromatic N) is 2. The Balaban J connectivity index is 1.92. The van der Waals surface area contributed by atoms with Crippen LogP contribution in [0.25, 0.3) is 11.3 Å². The number of ether oxygens (including phenoxy) is 1. The third-order valence-corrected chi connectivity index (χ3v) is 2.66. The van der Waals surface area contributed by atoms with E-state index in [2.05, 4.69) is 20.7 Å². The van der Waals surface area contributed by atoms with Crippen LogP contribution in [0.15, 0.2) is 30.3 Å². The van der Waals surface area contributed by atoms with Gasteiger partial charge in [-0.05, 0) is 13.0 Å². The first-order valence-electron chi connectivity index (χ1n) is 6.06. The van der Waals surface area contributed by atoms with Gasteiger partial charge in [-0.3, -0.25) is 0 Å². The summed E-state index contributed by atoms with van der Waals surface area (Å²) in [4.78, 5) is 0. The van der Waals surface area contributed by atoms with E-state index in [1.54, 1.807) is 7.11 Å². The van der Waals surface area contributed by atoms with Gasteiger partial charge in [0.25, 0.3) is 0 Å². The lowest BCUT2D eigenvalue weighted by molar-refractivity contribution is 0.194. The van der Waals surface area contributed by atoms with Crippen molar-refractivity contribution in [2.45, 2.75) is 13.0 Å². The van der Waals surface area contributed by atoms with E-state index in [9.17, 15) is 0 Å². The first kappa shape index (κ1) is 12.7. The van der Waals surface area contributed by atoms with Crippen LogP contribution in [0.5, 0.6) is 0 Å². The molecule has 0 saturated carbocycles. The van der Waals surface area contributed by atoms with E-state index in [1.165, 1.54) is 0 Å². The van der Waals surface area contributed by atoms with E-state index in [0.29, 0.717) is 6.54 Å². The molecule has 0 aliphatic carbocycles. The SMILES string of the molecule is COCCCNCc1n[nH]nc1-c1ccccc1. The Morgan fingerprint density at radius 1 is 1.22 bits per heavy atom. The lowest BCUT2D eigenvalue weighted by Crippen LogP contribution is -2.16. The zero-order chi connectivity index (χ0) is 12.6. The van der Waals surface area contributed by atoms with Gasteiger partial charge in [-0.2, -0.15) is 15.4 Å².